The number of hydrogen-bond acceptors (Lipinski definition) is 4. The average molecular weight is 309 g/mol. The second kappa shape index (κ2) is 16.0. The summed E-state index contributed by atoms with van der Waals surface area (Å²) in [4.78, 5) is 14.7. The Morgan fingerprint density at radius 1 is 1.09 bits per heavy atom. The maximum Gasteiger partial charge on any atom is 0.111 e. The SMILES string of the molecule is CC/C=C\C/C=C\C=C\C(CCCCCCCC(=O)[O-])OO. The second-order valence-corrected chi connectivity index (χ2v) is 5.25. The van der Waals surface area contributed by atoms with Crippen molar-refractivity contribution in [2.45, 2.75) is 70.8 Å². The van der Waals surface area contributed by atoms with Crippen molar-refractivity contribution in [1.82, 2.24) is 0 Å². The smallest absolute Gasteiger partial charge is 0.111 e. The zero-order chi connectivity index (χ0) is 16.5. The van der Waals surface area contributed by atoms with Crippen LogP contribution in [0.1, 0.15) is 64.7 Å². The first-order valence-electron chi connectivity index (χ1n) is 8.19. The van der Waals surface area contributed by atoms with Crippen LogP contribution < -0.4 is 5.11 Å². The molecule has 0 aliphatic carbocycles. The van der Waals surface area contributed by atoms with E-state index in [9.17, 15) is 9.90 Å². The van der Waals surface area contributed by atoms with Gasteiger partial charge < -0.3 is 9.90 Å². The highest BCUT2D eigenvalue weighted by atomic mass is 17.1. The van der Waals surface area contributed by atoms with E-state index in [1.54, 1.807) is 0 Å². The molecule has 0 saturated heterocycles. The zero-order valence-electron chi connectivity index (χ0n) is 13.6. The highest BCUT2D eigenvalue weighted by molar-refractivity contribution is 5.63. The average Bonchev–Trinajstić information content (AvgIpc) is 2.50. The number of rotatable bonds is 14. The van der Waals surface area contributed by atoms with E-state index in [2.05, 4.69) is 30.0 Å². The molecule has 0 aliphatic heterocycles. The van der Waals surface area contributed by atoms with Gasteiger partial charge in [-0.15, -0.1) is 0 Å². The summed E-state index contributed by atoms with van der Waals surface area (Å²) in [5.41, 5.74) is 0. The summed E-state index contributed by atoms with van der Waals surface area (Å²) in [7, 11) is 0. The highest BCUT2D eigenvalue weighted by Crippen LogP contribution is 2.11. The van der Waals surface area contributed by atoms with Crippen LogP contribution in [0.5, 0.6) is 0 Å². The van der Waals surface area contributed by atoms with Gasteiger partial charge in [0.15, 0.2) is 0 Å². The number of hydrogen-bond donors (Lipinski definition) is 1. The van der Waals surface area contributed by atoms with Crippen molar-refractivity contribution in [1.29, 1.82) is 0 Å². The molecule has 0 aromatic rings. The minimum Gasteiger partial charge on any atom is -0.550 e. The van der Waals surface area contributed by atoms with E-state index in [4.69, 9.17) is 5.26 Å². The minimum absolute atomic E-state index is 0.144. The number of carboxylic acid groups (broad SMARTS) is 1. The van der Waals surface area contributed by atoms with Gasteiger partial charge in [0.05, 0.1) is 0 Å². The quantitative estimate of drug-likeness (QED) is 0.174. The Labute approximate surface area is 134 Å². The highest BCUT2D eigenvalue weighted by Gasteiger charge is 2.03. The Balaban J connectivity index is 3.65. The molecule has 1 unspecified atom stereocenters. The van der Waals surface area contributed by atoms with E-state index in [0.717, 1.165) is 44.9 Å². The molecule has 0 amide bonds. The van der Waals surface area contributed by atoms with E-state index < -0.39 is 5.97 Å². The number of allylic oxidation sites excluding steroid dienone is 5. The molecule has 0 radical (unpaired) electrons. The molecule has 4 nitrogen and oxygen atoms in total. The normalized spacial score (nSPS) is 13.5. The van der Waals surface area contributed by atoms with Gasteiger partial charge in [-0.2, -0.15) is 0 Å². The van der Waals surface area contributed by atoms with Gasteiger partial charge in [-0.1, -0.05) is 69.1 Å². The predicted molar refractivity (Wildman–Crippen MR) is 87.2 cm³/mol. The van der Waals surface area contributed by atoms with Gasteiger partial charge in [0.25, 0.3) is 0 Å². The molecule has 0 aliphatic rings. The Kier molecular flexibility index (Phi) is 15.0. The summed E-state index contributed by atoms with van der Waals surface area (Å²) in [6.07, 6.45) is 19.1. The first kappa shape index (κ1) is 20.6. The van der Waals surface area contributed by atoms with Gasteiger partial charge in [0.2, 0.25) is 0 Å². The van der Waals surface area contributed by atoms with Crippen molar-refractivity contribution >= 4 is 5.97 Å². The topological polar surface area (TPSA) is 69.6 Å². The number of carbonyl (C=O) groups is 1. The molecule has 0 aromatic carbocycles. The van der Waals surface area contributed by atoms with Gasteiger partial charge >= 0.3 is 0 Å². The molecule has 4 heteroatoms. The van der Waals surface area contributed by atoms with Crippen LogP contribution in [0.3, 0.4) is 0 Å². The third kappa shape index (κ3) is 15.0. The molecule has 0 aromatic heterocycles. The van der Waals surface area contributed by atoms with Crippen molar-refractivity contribution in [3.8, 4) is 0 Å². The first-order valence-corrected chi connectivity index (χ1v) is 8.19. The molecule has 0 fully saturated rings. The predicted octanol–water partition coefficient (Wildman–Crippen LogP) is 3.79. The number of aliphatic carboxylic acids is 1. The lowest BCUT2D eigenvalue weighted by atomic mass is 10.1. The van der Waals surface area contributed by atoms with Crippen molar-refractivity contribution in [2.75, 3.05) is 0 Å². The Morgan fingerprint density at radius 2 is 1.82 bits per heavy atom. The number of unbranched alkanes of at least 4 members (excludes halogenated alkanes) is 4. The van der Waals surface area contributed by atoms with Crippen LogP contribution in [0.2, 0.25) is 0 Å². The van der Waals surface area contributed by atoms with Gasteiger partial charge in [0.1, 0.15) is 6.10 Å². The number of carboxylic acids is 1. The van der Waals surface area contributed by atoms with Gasteiger partial charge in [-0.3, -0.25) is 5.26 Å². The van der Waals surface area contributed by atoms with E-state index in [1.165, 1.54) is 0 Å². The molecule has 0 bridgehead atoms. The fraction of sp³-hybridized carbons (Fsp3) is 0.611. The van der Waals surface area contributed by atoms with E-state index >= 15 is 0 Å². The summed E-state index contributed by atoms with van der Waals surface area (Å²) in [6, 6.07) is 0. The lowest BCUT2D eigenvalue weighted by molar-refractivity contribution is -0.305. The summed E-state index contributed by atoms with van der Waals surface area (Å²) in [6.45, 7) is 2.10. The van der Waals surface area contributed by atoms with E-state index in [0.29, 0.717) is 6.42 Å². The van der Waals surface area contributed by atoms with Crippen LogP contribution in [-0.2, 0) is 9.68 Å². The van der Waals surface area contributed by atoms with E-state index in [-0.39, 0.29) is 12.5 Å². The fourth-order valence-electron chi connectivity index (χ4n) is 2.02. The van der Waals surface area contributed by atoms with Crippen LogP contribution in [0, 0.1) is 0 Å². The summed E-state index contributed by atoms with van der Waals surface area (Å²) >= 11 is 0. The van der Waals surface area contributed by atoms with Gasteiger partial charge in [-0.25, -0.2) is 4.89 Å². The van der Waals surface area contributed by atoms with Gasteiger partial charge in [0, 0.05) is 5.97 Å². The molecule has 0 rings (SSSR count). The van der Waals surface area contributed by atoms with Crippen molar-refractivity contribution in [2.24, 2.45) is 0 Å². The molecule has 1 atom stereocenters. The largest absolute Gasteiger partial charge is 0.550 e. The lowest BCUT2D eigenvalue weighted by Gasteiger charge is -2.08. The fourth-order valence-corrected chi connectivity index (χ4v) is 2.02. The molecular weight excluding hydrogens is 280 g/mol. The maximum atomic E-state index is 10.2. The Bertz CT molecular complexity index is 345. The standard InChI is InChI=1S/C18H30O4/c1-2-3-4-5-6-8-11-14-17(22-21)15-12-9-7-10-13-16-18(19)20/h3-4,6,8,11,14,17,21H,2,5,7,9-10,12-13,15-16H2,1H3,(H,19,20)/p-1/b4-3-,8-6-,14-11+. The Hall–Kier alpha value is -1.39. The molecule has 1 N–H and O–H groups in total. The van der Waals surface area contributed by atoms with Crippen LogP contribution >= 0.6 is 0 Å². The lowest BCUT2D eigenvalue weighted by Crippen LogP contribution is -2.21. The molecule has 22 heavy (non-hydrogen) atoms. The zero-order valence-corrected chi connectivity index (χ0v) is 13.6. The monoisotopic (exact) mass is 309 g/mol. The minimum atomic E-state index is -0.975. The second-order valence-electron chi connectivity index (χ2n) is 5.25. The van der Waals surface area contributed by atoms with Crippen LogP contribution in [0.4, 0.5) is 0 Å². The van der Waals surface area contributed by atoms with Crippen LogP contribution in [0.15, 0.2) is 36.5 Å². The molecule has 0 spiro atoms. The summed E-state index contributed by atoms with van der Waals surface area (Å²) in [5.74, 6) is -0.975. The first-order chi connectivity index (χ1) is 10.7. The summed E-state index contributed by atoms with van der Waals surface area (Å²) in [5, 5.41) is 19.1. The number of carbonyl (C=O) groups excluding carboxylic acids is 1. The van der Waals surface area contributed by atoms with Crippen LogP contribution in [0.25, 0.3) is 0 Å². The van der Waals surface area contributed by atoms with Crippen molar-refractivity contribution < 1.29 is 20.0 Å². The molecular formula is C18H29O4-. The molecule has 0 saturated carbocycles. The third-order valence-electron chi connectivity index (χ3n) is 3.25. The van der Waals surface area contributed by atoms with Crippen molar-refractivity contribution in [3.05, 3.63) is 36.5 Å². The third-order valence-corrected chi connectivity index (χ3v) is 3.25. The maximum absolute atomic E-state index is 10.2. The van der Waals surface area contributed by atoms with Gasteiger partial charge in [-0.05, 0) is 32.1 Å². The Morgan fingerprint density at radius 3 is 2.50 bits per heavy atom. The summed E-state index contributed by atoms with van der Waals surface area (Å²) < 4.78 is 0. The van der Waals surface area contributed by atoms with Crippen LogP contribution in [-0.4, -0.2) is 17.3 Å². The van der Waals surface area contributed by atoms with E-state index in [1.807, 2.05) is 18.2 Å². The molecule has 126 valence electrons. The molecule has 0 heterocycles. The van der Waals surface area contributed by atoms with Crippen molar-refractivity contribution in [3.63, 3.8) is 0 Å².